The first-order valence-electron chi connectivity index (χ1n) is 24.2. The summed E-state index contributed by atoms with van der Waals surface area (Å²) in [5.74, 6) is 0.727. The highest BCUT2D eigenvalue weighted by atomic mass is 16.6. The molecular formula is C56H67N3O6. The molecule has 342 valence electrons. The third-order valence-electron chi connectivity index (χ3n) is 12.8. The number of nitrogens with zero attached hydrogens (tertiary/aromatic N) is 2. The molecule has 0 spiro atoms. The second-order valence-corrected chi connectivity index (χ2v) is 18.0. The minimum atomic E-state index is -0.0765. The minimum Gasteiger partial charge on any atom is -0.369 e. The highest BCUT2D eigenvalue weighted by Crippen LogP contribution is 2.31. The van der Waals surface area contributed by atoms with Crippen LogP contribution in [0.5, 0.6) is 0 Å². The van der Waals surface area contributed by atoms with Crippen LogP contribution in [-0.2, 0) is 80.7 Å². The van der Waals surface area contributed by atoms with E-state index in [0.717, 1.165) is 94.8 Å². The van der Waals surface area contributed by atoms with Gasteiger partial charge in [0.15, 0.2) is 5.78 Å². The van der Waals surface area contributed by atoms with Crippen LogP contribution < -0.4 is 5.48 Å². The van der Waals surface area contributed by atoms with Crippen LogP contribution in [0.2, 0.25) is 0 Å². The molecule has 0 saturated heterocycles. The Kier molecular flexibility index (Phi) is 18.3. The number of ketones is 3. The normalized spacial score (nSPS) is 12.8. The summed E-state index contributed by atoms with van der Waals surface area (Å²) in [6.07, 6.45) is 21.0. The third-order valence-corrected chi connectivity index (χ3v) is 12.8. The number of Topliss-reactive ketones (excluding diaryl/α,β-unsaturated/α-hetero) is 3. The maximum atomic E-state index is 12.6. The van der Waals surface area contributed by atoms with E-state index < -0.39 is 0 Å². The lowest BCUT2D eigenvalue weighted by atomic mass is 10.00. The van der Waals surface area contributed by atoms with Crippen LogP contribution in [0.3, 0.4) is 0 Å². The van der Waals surface area contributed by atoms with Crippen molar-refractivity contribution in [1.29, 1.82) is 0 Å². The van der Waals surface area contributed by atoms with Crippen molar-refractivity contribution in [3.05, 3.63) is 143 Å². The van der Waals surface area contributed by atoms with E-state index in [1.807, 2.05) is 60.7 Å². The summed E-state index contributed by atoms with van der Waals surface area (Å²) in [5, 5.41) is 2.51. The largest absolute Gasteiger partial charge is 0.369 e. The van der Waals surface area contributed by atoms with Crippen molar-refractivity contribution in [2.45, 2.75) is 148 Å². The monoisotopic (exact) mass is 878 g/mol. The Bertz CT molecular complexity index is 2470. The van der Waals surface area contributed by atoms with Gasteiger partial charge in [-0.1, -0.05) is 129 Å². The summed E-state index contributed by atoms with van der Waals surface area (Å²) in [7, 11) is 0. The molecule has 1 N–H and O–H groups in total. The molecule has 65 heavy (non-hydrogen) atoms. The fourth-order valence-corrected chi connectivity index (χ4v) is 9.43. The molecule has 2 aliphatic rings. The zero-order chi connectivity index (χ0) is 45.1. The third kappa shape index (κ3) is 14.4. The number of hydrogen-bond donors (Lipinski definition) is 1. The molecule has 1 amide bonds. The Morgan fingerprint density at radius 2 is 0.954 bits per heavy atom. The second-order valence-electron chi connectivity index (χ2n) is 18.0. The molecule has 0 radical (unpaired) electrons. The number of para-hydroxylation sites is 2. The van der Waals surface area contributed by atoms with E-state index in [1.165, 1.54) is 56.9 Å². The molecule has 0 aliphatic carbocycles. The first-order valence-corrected chi connectivity index (χ1v) is 24.2. The Balaban J connectivity index is 0.000000194. The molecule has 6 aromatic rings. The Labute approximate surface area is 384 Å². The van der Waals surface area contributed by atoms with Gasteiger partial charge in [-0.05, 0) is 84.7 Å². The summed E-state index contributed by atoms with van der Waals surface area (Å²) in [6.45, 7) is 3.15. The number of hydroxylamine groups is 1. The first-order chi connectivity index (χ1) is 31.9. The van der Waals surface area contributed by atoms with Crippen molar-refractivity contribution in [1.82, 2.24) is 14.6 Å². The number of rotatable bonds is 26. The Morgan fingerprint density at radius 1 is 0.492 bits per heavy atom. The van der Waals surface area contributed by atoms with E-state index in [9.17, 15) is 19.2 Å². The van der Waals surface area contributed by atoms with Gasteiger partial charge in [-0.25, -0.2) is 5.48 Å². The van der Waals surface area contributed by atoms with Gasteiger partial charge in [0.1, 0.15) is 18.2 Å². The average Bonchev–Trinajstić information content (AvgIpc) is 3.87. The lowest BCUT2D eigenvalue weighted by Crippen LogP contribution is -2.23. The van der Waals surface area contributed by atoms with Gasteiger partial charge < -0.3 is 13.9 Å². The summed E-state index contributed by atoms with van der Waals surface area (Å²) in [5.41, 5.74) is 12.5. The van der Waals surface area contributed by atoms with Crippen molar-refractivity contribution in [3.63, 3.8) is 0 Å². The zero-order valence-corrected chi connectivity index (χ0v) is 38.2. The van der Waals surface area contributed by atoms with Crippen molar-refractivity contribution in [3.8, 4) is 0 Å². The number of ether oxygens (including phenoxy) is 1. The summed E-state index contributed by atoms with van der Waals surface area (Å²) in [4.78, 5) is 54.2. The fraction of sp³-hybridized carbons (Fsp3) is 0.429. The second kappa shape index (κ2) is 25.2. The van der Waals surface area contributed by atoms with Crippen LogP contribution in [0.4, 0.5) is 0 Å². The van der Waals surface area contributed by atoms with Crippen molar-refractivity contribution >= 4 is 45.1 Å². The number of nitrogens with one attached hydrogen (secondary N) is 1. The molecule has 4 aromatic carbocycles. The highest BCUT2D eigenvalue weighted by molar-refractivity contribution is 5.93. The van der Waals surface area contributed by atoms with Crippen molar-refractivity contribution < 1.29 is 28.8 Å². The number of carbonyl (C=O) groups is 4. The summed E-state index contributed by atoms with van der Waals surface area (Å²) in [6, 6.07) is 32.7. The van der Waals surface area contributed by atoms with Gasteiger partial charge in [0, 0.05) is 74.8 Å². The average molecular weight is 878 g/mol. The summed E-state index contributed by atoms with van der Waals surface area (Å²) >= 11 is 0. The zero-order valence-electron chi connectivity index (χ0n) is 38.2. The van der Waals surface area contributed by atoms with E-state index in [-0.39, 0.29) is 18.3 Å². The maximum Gasteiger partial charge on any atom is 0.243 e. The number of aryl methyl sites for hydroxylation is 4. The molecule has 0 bridgehead atoms. The van der Waals surface area contributed by atoms with Gasteiger partial charge in [0.25, 0.3) is 0 Å². The molecule has 9 heteroatoms. The molecule has 0 fully saturated rings. The number of benzene rings is 4. The number of hydrogen-bond acceptors (Lipinski definition) is 6. The first kappa shape index (κ1) is 47.3. The van der Waals surface area contributed by atoms with Crippen LogP contribution in [0.25, 0.3) is 21.8 Å². The van der Waals surface area contributed by atoms with Crippen LogP contribution in [0, 0.1) is 0 Å². The van der Waals surface area contributed by atoms with E-state index in [1.54, 1.807) is 0 Å². The molecule has 2 aliphatic heterocycles. The standard InChI is InChI=1S/C28H34N2O3.C28H33NO3/c31-25(19-24-20-30-18-10-14-23-13-9-16-26(24)28(23)30)15-7-2-1-3-8-17-27(32)29-33-21-22-11-5-4-6-12-22;30-25(18-24-19-29-17-9-13-23-12-8-16-27(24)28(23)29)14-6-1-2-7-15-26(31)21-32-20-22-10-4-3-5-11-22/h4-6,9,11-13,16,20H,1-3,7-8,10,14-15,17-19,21H2,(H,29,32);3-5,8,10-12,16,19H,1-2,6-7,9,13-15,17-18,20-21H2. The lowest BCUT2D eigenvalue weighted by molar-refractivity contribution is -0.134. The molecule has 2 aromatic heterocycles. The summed E-state index contributed by atoms with van der Waals surface area (Å²) < 4.78 is 10.2. The molecule has 4 heterocycles. The predicted octanol–water partition coefficient (Wildman–Crippen LogP) is 11.5. The Morgan fingerprint density at radius 3 is 1.48 bits per heavy atom. The minimum absolute atomic E-state index is 0.0765. The van der Waals surface area contributed by atoms with Crippen LogP contribution in [-0.4, -0.2) is 39.0 Å². The van der Waals surface area contributed by atoms with Crippen LogP contribution in [0.15, 0.2) is 109 Å². The van der Waals surface area contributed by atoms with Gasteiger partial charge in [0.2, 0.25) is 5.91 Å². The number of aromatic nitrogens is 2. The van der Waals surface area contributed by atoms with Crippen molar-refractivity contribution in [2.75, 3.05) is 6.61 Å². The molecule has 0 atom stereocenters. The quantitative estimate of drug-likeness (QED) is 0.0429. The molecule has 9 nitrogen and oxygen atoms in total. The highest BCUT2D eigenvalue weighted by Gasteiger charge is 2.19. The van der Waals surface area contributed by atoms with Gasteiger partial charge in [-0.15, -0.1) is 0 Å². The number of unbranched alkanes of at least 4 members (excludes halogenated alkanes) is 7. The topological polar surface area (TPSA) is 109 Å². The van der Waals surface area contributed by atoms with E-state index in [2.05, 4.69) is 63.4 Å². The van der Waals surface area contributed by atoms with E-state index >= 15 is 0 Å². The van der Waals surface area contributed by atoms with E-state index in [4.69, 9.17) is 9.57 Å². The fourth-order valence-electron chi connectivity index (χ4n) is 9.43. The SMILES string of the molecule is O=C(CCCCCCC(=O)Cc1cn2c3c(cccc13)CCC2)COCc1ccccc1.O=C(CCCCCCCC(=O)NOCc1ccccc1)Cc1cn2c3c(cccc13)CCC2. The van der Waals surface area contributed by atoms with Gasteiger partial charge in [-0.3, -0.25) is 24.0 Å². The van der Waals surface area contributed by atoms with Crippen LogP contribution >= 0.6 is 0 Å². The molecular weight excluding hydrogens is 811 g/mol. The number of carbonyl (C=O) groups excluding carboxylic acids is 4. The smallest absolute Gasteiger partial charge is 0.243 e. The molecule has 8 rings (SSSR count). The molecule has 0 unspecified atom stereocenters. The van der Waals surface area contributed by atoms with Gasteiger partial charge in [0.05, 0.1) is 24.2 Å². The van der Waals surface area contributed by atoms with Gasteiger partial charge in [-0.2, -0.15) is 0 Å². The predicted molar refractivity (Wildman–Crippen MR) is 258 cm³/mol. The van der Waals surface area contributed by atoms with Crippen molar-refractivity contribution in [2.24, 2.45) is 0 Å². The van der Waals surface area contributed by atoms with Crippen LogP contribution in [0.1, 0.15) is 130 Å². The van der Waals surface area contributed by atoms with Gasteiger partial charge >= 0.3 is 0 Å². The molecule has 0 saturated carbocycles. The maximum absolute atomic E-state index is 12.6. The van der Waals surface area contributed by atoms with E-state index in [0.29, 0.717) is 63.3 Å². The number of amides is 1. The Hall–Kier alpha value is -5.64. The lowest BCUT2D eigenvalue weighted by Gasteiger charge is -2.14.